The predicted octanol–water partition coefficient (Wildman–Crippen LogP) is 2.30. The van der Waals surface area contributed by atoms with Crippen molar-refractivity contribution in [2.24, 2.45) is 10.9 Å². The van der Waals surface area contributed by atoms with E-state index in [2.05, 4.69) is 41.3 Å². The van der Waals surface area contributed by atoms with Gasteiger partial charge < -0.3 is 10.1 Å². The molecule has 0 fully saturated rings. The van der Waals surface area contributed by atoms with E-state index in [1.165, 1.54) is 0 Å². The summed E-state index contributed by atoms with van der Waals surface area (Å²) < 4.78 is 6.03. The van der Waals surface area contributed by atoms with Gasteiger partial charge >= 0.3 is 0 Å². The largest absolute Gasteiger partial charge is 0.360 e. The smallest absolute Gasteiger partial charge is 0.257 e. The second-order valence-corrected chi connectivity index (χ2v) is 5.78. The molecule has 1 aromatic heterocycles. The molecule has 1 unspecified atom stereocenters. The quantitative estimate of drug-likeness (QED) is 0.757. The van der Waals surface area contributed by atoms with Crippen molar-refractivity contribution < 1.29 is 9.53 Å². The normalized spacial score (nSPS) is 20.6. The molecule has 21 heavy (non-hydrogen) atoms. The average molecular weight is 292 g/mol. The lowest BCUT2D eigenvalue weighted by molar-refractivity contribution is -0.148. The molecule has 0 spiro atoms. The number of fused-ring (bicyclic) bond motifs is 1. The molecule has 116 valence electrons. The van der Waals surface area contributed by atoms with E-state index in [1.54, 1.807) is 12.4 Å². The number of nitrogens with zero attached hydrogens (tertiary/aromatic N) is 2. The number of hydrogen-bond acceptors (Lipinski definition) is 4. The first-order chi connectivity index (χ1) is 10.1. The number of aliphatic imine (C=N–C) groups is 1. The minimum Gasteiger partial charge on any atom is -0.360 e. The number of amides is 1. The van der Waals surface area contributed by atoms with Gasteiger partial charge in [0.2, 0.25) is 0 Å². The number of unbranched alkanes of at least 4 members (excludes halogenated alkanes) is 1. The van der Waals surface area contributed by atoms with Gasteiger partial charge in [0.05, 0.1) is 11.8 Å². The van der Waals surface area contributed by atoms with Gasteiger partial charge in [-0.3, -0.25) is 9.89 Å². The van der Waals surface area contributed by atoms with Gasteiger partial charge in [-0.25, -0.2) is 4.99 Å². The summed E-state index contributed by atoms with van der Waals surface area (Å²) in [5.41, 5.74) is -0.281. The second-order valence-electron chi connectivity index (χ2n) is 5.78. The van der Waals surface area contributed by atoms with Crippen molar-refractivity contribution in [3.05, 3.63) is 11.8 Å². The first-order valence-electron chi connectivity index (χ1n) is 7.58. The number of hydrogen-bond donors (Lipinski definition) is 2. The van der Waals surface area contributed by atoms with Crippen molar-refractivity contribution in [1.29, 1.82) is 0 Å². The molecule has 1 aliphatic heterocycles. The maximum atomic E-state index is 12.7. The third-order valence-electron chi connectivity index (χ3n) is 3.54. The number of aromatic nitrogens is 2. The highest BCUT2D eigenvalue weighted by atomic mass is 16.5. The standard InChI is InChI=1S/C15H24N4O2/c1-4-5-8-21-15(14(20)17-9-11(2)3)6-7-16-13-12(15)10-18-19-13/h7,10-11H,4-6,8-9H2,1-3H3,(H,17,20)(H,18,19). The molecule has 0 aromatic carbocycles. The van der Waals surface area contributed by atoms with Crippen LogP contribution in [0.5, 0.6) is 0 Å². The fourth-order valence-electron chi connectivity index (χ4n) is 2.30. The molecule has 1 atom stereocenters. The molecule has 0 aliphatic carbocycles. The summed E-state index contributed by atoms with van der Waals surface area (Å²) in [6.45, 7) is 7.40. The van der Waals surface area contributed by atoms with Gasteiger partial charge in [-0.05, 0) is 12.3 Å². The molecule has 0 radical (unpaired) electrons. The highest BCUT2D eigenvalue weighted by molar-refractivity contribution is 5.92. The monoisotopic (exact) mass is 292 g/mol. The van der Waals surface area contributed by atoms with Gasteiger partial charge in [-0.1, -0.05) is 27.2 Å². The first-order valence-corrected chi connectivity index (χ1v) is 7.58. The summed E-state index contributed by atoms with van der Waals surface area (Å²) in [4.78, 5) is 17.0. The van der Waals surface area contributed by atoms with Crippen LogP contribution < -0.4 is 5.32 Å². The highest BCUT2D eigenvalue weighted by Gasteiger charge is 2.45. The summed E-state index contributed by atoms with van der Waals surface area (Å²) in [6, 6.07) is 0. The van der Waals surface area contributed by atoms with Gasteiger partial charge in [0, 0.05) is 25.8 Å². The Morgan fingerprint density at radius 2 is 2.38 bits per heavy atom. The molecular weight excluding hydrogens is 268 g/mol. The molecule has 6 heteroatoms. The van der Waals surface area contributed by atoms with Gasteiger partial charge in [-0.2, -0.15) is 5.10 Å². The average Bonchev–Trinajstić information content (AvgIpc) is 2.94. The van der Waals surface area contributed by atoms with E-state index in [-0.39, 0.29) is 5.91 Å². The molecule has 0 bridgehead atoms. The van der Waals surface area contributed by atoms with Crippen LogP contribution in [-0.4, -0.2) is 35.5 Å². The number of H-pyrrole nitrogens is 1. The Bertz CT molecular complexity index is 510. The summed E-state index contributed by atoms with van der Waals surface area (Å²) in [6.07, 6.45) is 5.75. The topological polar surface area (TPSA) is 79.4 Å². The summed E-state index contributed by atoms with van der Waals surface area (Å²) in [5, 5.41) is 9.80. The Labute approximate surface area is 125 Å². The van der Waals surface area contributed by atoms with Crippen molar-refractivity contribution in [2.75, 3.05) is 13.2 Å². The lowest BCUT2D eigenvalue weighted by Crippen LogP contribution is -2.48. The number of carbonyl (C=O) groups excluding carboxylic acids is 1. The van der Waals surface area contributed by atoms with Gasteiger partial charge in [0.15, 0.2) is 11.4 Å². The van der Waals surface area contributed by atoms with Crippen LogP contribution in [0.4, 0.5) is 5.82 Å². The van der Waals surface area contributed by atoms with E-state index >= 15 is 0 Å². The summed E-state index contributed by atoms with van der Waals surface area (Å²) in [7, 11) is 0. The zero-order chi connectivity index (χ0) is 15.3. The van der Waals surface area contributed by atoms with E-state index in [1.807, 2.05) is 0 Å². The van der Waals surface area contributed by atoms with E-state index in [9.17, 15) is 4.79 Å². The number of carbonyl (C=O) groups is 1. The van der Waals surface area contributed by atoms with Crippen molar-refractivity contribution in [1.82, 2.24) is 15.5 Å². The molecule has 2 heterocycles. The molecule has 0 saturated heterocycles. The second kappa shape index (κ2) is 6.85. The summed E-state index contributed by atoms with van der Waals surface area (Å²) in [5.74, 6) is 0.890. The highest BCUT2D eigenvalue weighted by Crippen LogP contribution is 2.38. The van der Waals surface area contributed by atoms with E-state index < -0.39 is 5.60 Å². The zero-order valence-electron chi connectivity index (χ0n) is 13.0. The molecule has 1 aromatic rings. The van der Waals surface area contributed by atoms with E-state index in [0.29, 0.717) is 31.3 Å². The van der Waals surface area contributed by atoms with Crippen LogP contribution >= 0.6 is 0 Å². The van der Waals surface area contributed by atoms with Crippen LogP contribution in [0, 0.1) is 5.92 Å². The Morgan fingerprint density at radius 1 is 1.57 bits per heavy atom. The van der Waals surface area contributed by atoms with Crippen LogP contribution in [0.15, 0.2) is 11.2 Å². The van der Waals surface area contributed by atoms with Crippen molar-refractivity contribution >= 4 is 17.9 Å². The molecule has 1 amide bonds. The lowest BCUT2D eigenvalue weighted by atomic mass is 9.89. The molecule has 2 rings (SSSR count). The van der Waals surface area contributed by atoms with Crippen molar-refractivity contribution in [3.63, 3.8) is 0 Å². The van der Waals surface area contributed by atoms with E-state index in [0.717, 1.165) is 18.4 Å². The lowest BCUT2D eigenvalue weighted by Gasteiger charge is -2.33. The first kappa shape index (κ1) is 15.7. The Hall–Kier alpha value is -1.69. The predicted molar refractivity (Wildman–Crippen MR) is 81.7 cm³/mol. The zero-order valence-corrected chi connectivity index (χ0v) is 13.0. The molecule has 1 aliphatic rings. The SMILES string of the molecule is CCCCOC1(C(=O)NCC(C)C)CC=Nc2[nH]ncc21. The fraction of sp³-hybridized carbons (Fsp3) is 0.667. The number of nitrogens with one attached hydrogen (secondary N) is 2. The van der Waals surface area contributed by atoms with Crippen LogP contribution in [0.25, 0.3) is 0 Å². The fourth-order valence-corrected chi connectivity index (χ4v) is 2.30. The van der Waals surface area contributed by atoms with E-state index in [4.69, 9.17) is 4.74 Å². The number of ether oxygens (including phenoxy) is 1. The van der Waals surface area contributed by atoms with Gasteiger partial charge in [0.25, 0.3) is 5.91 Å². The third kappa shape index (κ3) is 3.32. The number of rotatable bonds is 7. The minimum atomic E-state index is -1.01. The Balaban J connectivity index is 2.23. The van der Waals surface area contributed by atoms with Crippen LogP contribution in [-0.2, 0) is 15.1 Å². The maximum absolute atomic E-state index is 12.7. The molecule has 6 nitrogen and oxygen atoms in total. The molecule has 2 N–H and O–H groups in total. The van der Waals surface area contributed by atoms with Crippen LogP contribution in [0.1, 0.15) is 45.6 Å². The molecule has 0 saturated carbocycles. The maximum Gasteiger partial charge on any atom is 0.257 e. The van der Waals surface area contributed by atoms with Gasteiger partial charge in [0.1, 0.15) is 0 Å². The summed E-state index contributed by atoms with van der Waals surface area (Å²) >= 11 is 0. The Kier molecular flexibility index (Phi) is 5.12. The van der Waals surface area contributed by atoms with Crippen molar-refractivity contribution in [2.45, 2.75) is 45.6 Å². The van der Waals surface area contributed by atoms with Gasteiger partial charge in [-0.15, -0.1) is 0 Å². The molecular formula is C15H24N4O2. The van der Waals surface area contributed by atoms with Crippen molar-refractivity contribution in [3.8, 4) is 0 Å². The Morgan fingerprint density at radius 3 is 3.10 bits per heavy atom. The van der Waals surface area contributed by atoms with Crippen LogP contribution in [0.3, 0.4) is 0 Å². The minimum absolute atomic E-state index is 0.110. The van der Waals surface area contributed by atoms with Crippen LogP contribution in [0.2, 0.25) is 0 Å². The number of aromatic amines is 1. The third-order valence-corrected chi connectivity index (χ3v) is 3.54.